The number of carbonyl (C=O) groups excluding carboxylic acids is 2. The van der Waals surface area contributed by atoms with Gasteiger partial charge in [-0.3, -0.25) is 14.6 Å². The van der Waals surface area contributed by atoms with Crippen molar-refractivity contribution in [1.82, 2.24) is 20.7 Å². The number of hydrogen-bond acceptors (Lipinski definition) is 5. The minimum absolute atomic E-state index is 0.0298. The number of hydrogen-bond donors (Lipinski definition) is 3. The standard InChI is InChI=1S/C22H26BrN5O2/c1-14-12-17(2-3-18(14)23)25-21(29)16-6-10-28(11-7-16)22(30)20-13-19(26-27-20)15-4-8-24-9-5-15/h2-5,8-9,12,16,19-20,26-27H,6-7,10-11,13H2,1H3,(H,25,29). The molecular weight excluding hydrogens is 446 g/mol. The quantitative estimate of drug-likeness (QED) is 0.637. The molecule has 0 spiro atoms. The Morgan fingerprint density at radius 2 is 1.87 bits per heavy atom. The van der Waals surface area contributed by atoms with Crippen molar-refractivity contribution in [3.8, 4) is 0 Å². The van der Waals surface area contributed by atoms with Crippen molar-refractivity contribution in [3.63, 3.8) is 0 Å². The van der Waals surface area contributed by atoms with Crippen LogP contribution in [0, 0.1) is 12.8 Å². The summed E-state index contributed by atoms with van der Waals surface area (Å²) in [6.45, 7) is 3.21. The van der Waals surface area contributed by atoms with Gasteiger partial charge in [-0.15, -0.1) is 0 Å². The normalized spacial score (nSPS) is 22.1. The molecule has 3 N–H and O–H groups in total. The lowest BCUT2D eigenvalue weighted by Crippen LogP contribution is -2.49. The average molecular weight is 472 g/mol. The number of hydrazine groups is 1. The summed E-state index contributed by atoms with van der Waals surface area (Å²) in [6, 6.07) is 9.56. The third-order valence-electron chi connectivity index (χ3n) is 5.91. The Labute approximate surface area is 184 Å². The van der Waals surface area contributed by atoms with Crippen LogP contribution in [0.25, 0.3) is 0 Å². The van der Waals surface area contributed by atoms with E-state index >= 15 is 0 Å². The van der Waals surface area contributed by atoms with Crippen molar-refractivity contribution < 1.29 is 9.59 Å². The number of pyridine rings is 1. The van der Waals surface area contributed by atoms with Gasteiger partial charge in [0.25, 0.3) is 0 Å². The Morgan fingerprint density at radius 3 is 2.57 bits per heavy atom. The number of carbonyl (C=O) groups is 2. The first-order chi connectivity index (χ1) is 14.5. The maximum atomic E-state index is 12.9. The first-order valence-electron chi connectivity index (χ1n) is 10.3. The molecule has 2 fully saturated rings. The van der Waals surface area contributed by atoms with Crippen molar-refractivity contribution in [1.29, 1.82) is 0 Å². The number of amides is 2. The first kappa shape index (κ1) is 21.0. The average Bonchev–Trinajstić information content (AvgIpc) is 3.27. The molecule has 30 heavy (non-hydrogen) atoms. The molecule has 0 radical (unpaired) electrons. The van der Waals surface area contributed by atoms with Gasteiger partial charge in [-0.1, -0.05) is 15.9 Å². The number of aromatic nitrogens is 1. The molecule has 2 aliphatic rings. The third kappa shape index (κ3) is 4.71. The Morgan fingerprint density at radius 1 is 1.13 bits per heavy atom. The molecule has 2 atom stereocenters. The van der Waals surface area contributed by atoms with Gasteiger partial charge in [0.1, 0.15) is 6.04 Å². The minimum Gasteiger partial charge on any atom is -0.341 e. The van der Waals surface area contributed by atoms with E-state index in [4.69, 9.17) is 0 Å². The summed E-state index contributed by atoms with van der Waals surface area (Å²) in [4.78, 5) is 31.5. The SMILES string of the molecule is Cc1cc(NC(=O)C2CCN(C(=O)C3CC(c4ccncc4)NN3)CC2)ccc1Br. The smallest absolute Gasteiger partial charge is 0.241 e. The van der Waals surface area contributed by atoms with Crippen LogP contribution in [0.15, 0.2) is 47.2 Å². The Kier molecular flexibility index (Phi) is 6.46. The van der Waals surface area contributed by atoms with Crippen LogP contribution < -0.4 is 16.2 Å². The molecule has 2 aromatic rings. The molecule has 1 aromatic heterocycles. The Bertz CT molecular complexity index is 915. The fourth-order valence-electron chi connectivity index (χ4n) is 4.08. The van der Waals surface area contributed by atoms with Gasteiger partial charge in [0.2, 0.25) is 11.8 Å². The molecule has 0 aliphatic carbocycles. The van der Waals surface area contributed by atoms with Gasteiger partial charge in [0.15, 0.2) is 0 Å². The predicted octanol–water partition coefficient (Wildman–Crippen LogP) is 2.94. The summed E-state index contributed by atoms with van der Waals surface area (Å²) in [5, 5.41) is 3.01. The molecule has 2 unspecified atom stereocenters. The number of halogens is 1. The number of nitrogens with zero attached hydrogens (tertiary/aromatic N) is 2. The van der Waals surface area contributed by atoms with E-state index in [1.54, 1.807) is 12.4 Å². The van der Waals surface area contributed by atoms with E-state index in [9.17, 15) is 9.59 Å². The van der Waals surface area contributed by atoms with Crippen LogP contribution in [-0.4, -0.2) is 40.8 Å². The van der Waals surface area contributed by atoms with Crippen LogP contribution >= 0.6 is 15.9 Å². The van der Waals surface area contributed by atoms with Gasteiger partial charge >= 0.3 is 0 Å². The van der Waals surface area contributed by atoms with Gasteiger partial charge in [-0.25, -0.2) is 10.9 Å². The van der Waals surface area contributed by atoms with E-state index in [0.717, 1.165) is 21.3 Å². The molecule has 7 nitrogen and oxygen atoms in total. The summed E-state index contributed by atoms with van der Waals surface area (Å²) >= 11 is 3.47. The highest BCUT2D eigenvalue weighted by Gasteiger charge is 2.35. The summed E-state index contributed by atoms with van der Waals surface area (Å²) in [7, 11) is 0. The molecular formula is C22H26BrN5O2. The highest BCUT2D eigenvalue weighted by atomic mass is 79.9. The second kappa shape index (κ2) is 9.24. The van der Waals surface area contributed by atoms with E-state index in [1.165, 1.54) is 0 Å². The minimum atomic E-state index is -0.251. The number of nitrogens with one attached hydrogen (secondary N) is 3. The largest absolute Gasteiger partial charge is 0.341 e. The van der Waals surface area contributed by atoms with Gasteiger partial charge in [-0.05, 0) is 67.6 Å². The molecule has 0 saturated carbocycles. The third-order valence-corrected chi connectivity index (χ3v) is 6.80. The van der Waals surface area contributed by atoms with Crippen LogP contribution in [0.3, 0.4) is 0 Å². The molecule has 1 aromatic carbocycles. The number of piperidine rings is 1. The number of aryl methyl sites for hydroxylation is 1. The van der Waals surface area contributed by atoms with Crippen LogP contribution in [0.2, 0.25) is 0 Å². The van der Waals surface area contributed by atoms with E-state index in [2.05, 4.69) is 37.1 Å². The number of rotatable bonds is 4. The lowest BCUT2D eigenvalue weighted by molar-refractivity contribution is -0.136. The van der Waals surface area contributed by atoms with Gasteiger partial charge in [-0.2, -0.15) is 0 Å². The number of anilines is 1. The van der Waals surface area contributed by atoms with Crippen LogP contribution in [0.1, 0.15) is 36.4 Å². The molecule has 8 heteroatoms. The van der Waals surface area contributed by atoms with Crippen molar-refractivity contribution >= 4 is 33.4 Å². The molecule has 0 bridgehead atoms. The van der Waals surface area contributed by atoms with Crippen LogP contribution in [0.4, 0.5) is 5.69 Å². The van der Waals surface area contributed by atoms with Crippen molar-refractivity contribution in [3.05, 3.63) is 58.3 Å². The lowest BCUT2D eigenvalue weighted by Gasteiger charge is -2.32. The van der Waals surface area contributed by atoms with Crippen molar-refractivity contribution in [2.24, 2.45) is 5.92 Å². The van der Waals surface area contributed by atoms with E-state index < -0.39 is 0 Å². The zero-order valence-electron chi connectivity index (χ0n) is 16.9. The highest BCUT2D eigenvalue weighted by molar-refractivity contribution is 9.10. The summed E-state index contributed by atoms with van der Waals surface area (Å²) < 4.78 is 1.02. The second-order valence-corrected chi connectivity index (χ2v) is 8.82. The fraction of sp³-hybridized carbons (Fsp3) is 0.409. The van der Waals surface area contributed by atoms with E-state index in [1.807, 2.05) is 42.2 Å². The maximum absolute atomic E-state index is 12.9. The molecule has 2 aliphatic heterocycles. The fourth-order valence-corrected chi connectivity index (χ4v) is 4.33. The molecule has 2 saturated heterocycles. The molecule has 158 valence electrons. The van der Waals surface area contributed by atoms with E-state index in [0.29, 0.717) is 32.4 Å². The first-order valence-corrected chi connectivity index (χ1v) is 11.1. The zero-order valence-corrected chi connectivity index (χ0v) is 18.5. The number of benzene rings is 1. The maximum Gasteiger partial charge on any atom is 0.241 e. The summed E-state index contributed by atoms with van der Waals surface area (Å²) in [5.74, 6) is 0.0564. The monoisotopic (exact) mass is 471 g/mol. The lowest BCUT2D eigenvalue weighted by atomic mass is 9.94. The van der Waals surface area contributed by atoms with Crippen molar-refractivity contribution in [2.75, 3.05) is 18.4 Å². The Hall–Kier alpha value is -2.29. The molecule has 3 heterocycles. The van der Waals surface area contributed by atoms with Crippen molar-refractivity contribution in [2.45, 2.75) is 38.3 Å². The van der Waals surface area contributed by atoms with Gasteiger partial charge in [0.05, 0.1) is 0 Å². The van der Waals surface area contributed by atoms with Crippen LogP contribution in [0.5, 0.6) is 0 Å². The predicted molar refractivity (Wildman–Crippen MR) is 118 cm³/mol. The topological polar surface area (TPSA) is 86.4 Å². The second-order valence-electron chi connectivity index (χ2n) is 7.96. The number of likely N-dealkylation sites (tertiary alicyclic amines) is 1. The van der Waals surface area contributed by atoms with Crippen LogP contribution in [-0.2, 0) is 9.59 Å². The molecule has 4 rings (SSSR count). The summed E-state index contributed by atoms with van der Waals surface area (Å²) in [5.41, 5.74) is 9.35. The van der Waals surface area contributed by atoms with E-state index in [-0.39, 0.29) is 29.8 Å². The highest BCUT2D eigenvalue weighted by Crippen LogP contribution is 2.26. The Balaban J connectivity index is 1.27. The van der Waals surface area contributed by atoms with Gasteiger partial charge < -0.3 is 10.2 Å². The summed E-state index contributed by atoms with van der Waals surface area (Å²) in [6.07, 6.45) is 5.59. The zero-order chi connectivity index (χ0) is 21.1. The molecule has 2 amide bonds. The van der Waals surface area contributed by atoms with Gasteiger partial charge in [0, 0.05) is 47.6 Å².